The molecular formula is C21H24ClN5O2. The monoisotopic (exact) mass is 413 g/mol. The van der Waals surface area contributed by atoms with Crippen LogP contribution >= 0.6 is 11.6 Å². The van der Waals surface area contributed by atoms with Gasteiger partial charge in [-0.2, -0.15) is 0 Å². The highest BCUT2D eigenvalue weighted by Gasteiger charge is 2.19. The maximum absolute atomic E-state index is 12.4. The fourth-order valence-corrected chi connectivity index (χ4v) is 3.18. The summed E-state index contributed by atoms with van der Waals surface area (Å²) in [5, 5.41) is 8.62. The van der Waals surface area contributed by atoms with Crippen LogP contribution in [0.25, 0.3) is 10.9 Å². The third-order valence-electron chi connectivity index (χ3n) is 4.62. The van der Waals surface area contributed by atoms with Crippen LogP contribution in [0.2, 0.25) is 5.02 Å². The number of hydrogen-bond donors (Lipinski definition) is 3. The predicted molar refractivity (Wildman–Crippen MR) is 116 cm³/mol. The lowest BCUT2D eigenvalue weighted by atomic mass is 10.2. The van der Waals surface area contributed by atoms with E-state index >= 15 is 0 Å². The van der Waals surface area contributed by atoms with Crippen LogP contribution in [0.1, 0.15) is 16.1 Å². The number of fused-ring (bicyclic) bond motifs is 1. The van der Waals surface area contributed by atoms with Crippen molar-refractivity contribution in [2.75, 3.05) is 27.2 Å². The number of hydrogen-bond acceptors (Lipinski definition) is 4. The molecule has 0 bridgehead atoms. The number of benzene rings is 2. The zero-order valence-electron chi connectivity index (χ0n) is 16.4. The van der Waals surface area contributed by atoms with Gasteiger partial charge < -0.3 is 15.5 Å². The van der Waals surface area contributed by atoms with Crippen molar-refractivity contribution < 1.29 is 9.53 Å². The second kappa shape index (κ2) is 8.98. The number of likely N-dealkylation sites (N-methyl/N-ethyl adjacent to an activating group) is 1. The molecule has 3 aromatic rings. The Morgan fingerprint density at radius 1 is 1.21 bits per heavy atom. The summed E-state index contributed by atoms with van der Waals surface area (Å²) in [4.78, 5) is 18.7. The van der Waals surface area contributed by atoms with Gasteiger partial charge in [-0.1, -0.05) is 41.9 Å². The minimum absolute atomic E-state index is 0.289. The van der Waals surface area contributed by atoms with Gasteiger partial charge in [-0.3, -0.25) is 20.0 Å². The SMILES string of the molecule is CN(CCOc1ccc(Cl)c2cc(C(=O)N(C)C(=N)N)[nH]c12)Cc1ccccc1. The smallest absolute Gasteiger partial charge is 0.276 e. The van der Waals surface area contributed by atoms with E-state index in [0.29, 0.717) is 28.3 Å². The van der Waals surface area contributed by atoms with Crippen LogP contribution in [0.15, 0.2) is 48.5 Å². The van der Waals surface area contributed by atoms with Crippen molar-refractivity contribution in [3.05, 3.63) is 64.8 Å². The highest BCUT2D eigenvalue weighted by atomic mass is 35.5. The molecule has 0 aliphatic rings. The van der Waals surface area contributed by atoms with E-state index in [1.54, 1.807) is 18.2 Å². The number of nitrogens with one attached hydrogen (secondary N) is 2. The molecule has 152 valence electrons. The summed E-state index contributed by atoms with van der Waals surface area (Å²) in [6, 6.07) is 15.4. The Balaban J connectivity index is 1.70. The van der Waals surface area contributed by atoms with E-state index in [1.165, 1.54) is 12.6 Å². The van der Waals surface area contributed by atoms with E-state index in [4.69, 9.17) is 27.5 Å². The van der Waals surface area contributed by atoms with Crippen LogP contribution in [0.4, 0.5) is 0 Å². The molecule has 0 unspecified atom stereocenters. The number of nitrogens with zero attached hydrogens (tertiary/aromatic N) is 2. The van der Waals surface area contributed by atoms with Gasteiger partial charge >= 0.3 is 0 Å². The number of carbonyl (C=O) groups is 1. The second-order valence-electron chi connectivity index (χ2n) is 6.84. The van der Waals surface area contributed by atoms with E-state index in [0.717, 1.165) is 18.0 Å². The van der Waals surface area contributed by atoms with Gasteiger partial charge in [0.25, 0.3) is 5.91 Å². The average molecular weight is 414 g/mol. The molecule has 1 aromatic heterocycles. The van der Waals surface area contributed by atoms with Gasteiger partial charge in [0.15, 0.2) is 5.96 Å². The van der Waals surface area contributed by atoms with Crippen molar-refractivity contribution in [3.8, 4) is 5.75 Å². The molecule has 2 aromatic carbocycles. The number of halogens is 1. The average Bonchev–Trinajstić information content (AvgIpc) is 3.16. The number of H-pyrrole nitrogens is 1. The summed E-state index contributed by atoms with van der Waals surface area (Å²) in [6.07, 6.45) is 0. The molecule has 0 fully saturated rings. The first-order chi connectivity index (χ1) is 13.9. The van der Waals surface area contributed by atoms with Gasteiger partial charge in [0.05, 0.1) is 10.5 Å². The number of nitrogens with two attached hydrogens (primary N) is 1. The number of carbonyl (C=O) groups excluding carboxylic acids is 1. The standard InChI is InChI=1S/C21H24ClN5O2/c1-26(13-14-6-4-3-5-7-14)10-11-29-18-9-8-16(22)15-12-17(25-19(15)18)20(28)27(2)21(23)24/h3-9,12,25H,10-11,13H2,1-2H3,(H3,23,24). The highest BCUT2D eigenvalue weighted by Crippen LogP contribution is 2.32. The van der Waals surface area contributed by atoms with E-state index in [-0.39, 0.29) is 11.7 Å². The Morgan fingerprint density at radius 3 is 2.62 bits per heavy atom. The molecule has 29 heavy (non-hydrogen) atoms. The van der Waals surface area contributed by atoms with E-state index in [1.807, 2.05) is 25.2 Å². The Bertz CT molecular complexity index is 1020. The summed E-state index contributed by atoms with van der Waals surface area (Å²) in [6.45, 7) is 2.05. The van der Waals surface area contributed by atoms with Crippen LogP contribution in [-0.2, 0) is 6.54 Å². The molecule has 0 spiro atoms. The van der Waals surface area contributed by atoms with Gasteiger partial charge in [-0.15, -0.1) is 0 Å². The number of ether oxygens (including phenoxy) is 1. The topological polar surface area (TPSA) is 98.4 Å². The second-order valence-corrected chi connectivity index (χ2v) is 7.25. The first-order valence-electron chi connectivity index (χ1n) is 9.15. The van der Waals surface area contributed by atoms with E-state index in [2.05, 4.69) is 22.0 Å². The molecule has 0 aliphatic carbocycles. The van der Waals surface area contributed by atoms with Crippen LogP contribution in [0.5, 0.6) is 5.75 Å². The lowest BCUT2D eigenvalue weighted by Crippen LogP contribution is -2.38. The molecule has 7 nitrogen and oxygen atoms in total. The van der Waals surface area contributed by atoms with Crippen molar-refractivity contribution in [2.45, 2.75) is 6.54 Å². The third kappa shape index (κ3) is 4.88. The summed E-state index contributed by atoms with van der Waals surface area (Å²) < 4.78 is 5.96. The quantitative estimate of drug-likeness (QED) is 0.409. The number of aromatic nitrogens is 1. The molecular weight excluding hydrogens is 390 g/mol. The number of rotatable bonds is 7. The van der Waals surface area contributed by atoms with Crippen molar-refractivity contribution in [3.63, 3.8) is 0 Å². The number of amides is 1. The van der Waals surface area contributed by atoms with Crippen molar-refractivity contribution >= 4 is 34.4 Å². The largest absolute Gasteiger partial charge is 0.490 e. The zero-order chi connectivity index (χ0) is 21.0. The molecule has 1 amide bonds. The summed E-state index contributed by atoms with van der Waals surface area (Å²) in [7, 11) is 3.48. The Kier molecular flexibility index (Phi) is 6.41. The summed E-state index contributed by atoms with van der Waals surface area (Å²) in [5.74, 6) is -0.141. The Morgan fingerprint density at radius 2 is 1.93 bits per heavy atom. The highest BCUT2D eigenvalue weighted by molar-refractivity contribution is 6.35. The lowest BCUT2D eigenvalue weighted by Gasteiger charge is -2.17. The van der Waals surface area contributed by atoms with Gasteiger partial charge in [-0.05, 0) is 30.8 Å². The maximum Gasteiger partial charge on any atom is 0.276 e. The molecule has 0 atom stereocenters. The molecule has 8 heteroatoms. The fourth-order valence-electron chi connectivity index (χ4n) is 2.97. The first kappa shape index (κ1) is 20.7. The van der Waals surface area contributed by atoms with Crippen LogP contribution < -0.4 is 10.5 Å². The Labute approximate surface area is 174 Å². The van der Waals surface area contributed by atoms with Crippen molar-refractivity contribution in [1.29, 1.82) is 5.41 Å². The zero-order valence-corrected chi connectivity index (χ0v) is 17.2. The van der Waals surface area contributed by atoms with Crippen LogP contribution in [0.3, 0.4) is 0 Å². The van der Waals surface area contributed by atoms with Crippen molar-refractivity contribution in [1.82, 2.24) is 14.8 Å². The molecule has 1 heterocycles. The normalized spacial score (nSPS) is 11.0. The molecule has 0 saturated heterocycles. The van der Waals surface area contributed by atoms with Gasteiger partial charge in [0, 0.05) is 25.5 Å². The third-order valence-corrected chi connectivity index (χ3v) is 4.95. The van der Waals surface area contributed by atoms with Gasteiger partial charge in [0.1, 0.15) is 18.1 Å². The van der Waals surface area contributed by atoms with Crippen LogP contribution in [-0.4, -0.2) is 53.9 Å². The summed E-state index contributed by atoms with van der Waals surface area (Å²) >= 11 is 6.29. The molecule has 3 rings (SSSR count). The molecule has 4 N–H and O–H groups in total. The Hall–Kier alpha value is -3.03. The summed E-state index contributed by atoms with van der Waals surface area (Å²) in [5.41, 5.74) is 7.57. The molecule has 0 radical (unpaired) electrons. The first-order valence-corrected chi connectivity index (χ1v) is 9.53. The van der Waals surface area contributed by atoms with Gasteiger partial charge in [0.2, 0.25) is 0 Å². The number of aromatic amines is 1. The van der Waals surface area contributed by atoms with E-state index < -0.39 is 5.91 Å². The fraction of sp³-hybridized carbons (Fsp3) is 0.238. The van der Waals surface area contributed by atoms with E-state index in [9.17, 15) is 4.79 Å². The van der Waals surface area contributed by atoms with Gasteiger partial charge in [-0.25, -0.2) is 0 Å². The lowest BCUT2D eigenvalue weighted by molar-refractivity contribution is 0.0864. The van der Waals surface area contributed by atoms with Crippen LogP contribution in [0, 0.1) is 5.41 Å². The minimum Gasteiger partial charge on any atom is -0.490 e. The number of guanidine groups is 1. The molecule has 0 saturated carbocycles. The minimum atomic E-state index is -0.418. The predicted octanol–water partition coefficient (Wildman–Crippen LogP) is 3.30. The molecule has 0 aliphatic heterocycles. The maximum atomic E-state index is 12.4. The van der Waals surface area contributed by atoms with Crippen molar-refractivity contribution in [2.24, 2.45) is 5.73 Å².